The first-order chi connectivity index (χ1) is 24.4. The summed E-state index contributed by atoms with van der Waals surface area (Å²) in [4.78, 5) is 0. The summed E-state index contributed by atoms with van der Waals surface area (Å²) in [5.41, 5.74) is 3.22. The van der Waals surface area contributed by atoms with Crippen LogP contribution in [0.3, 0.4) is 0 Å². The van der Waals surface area contributed by atoms with Gasteiger partial charge in [0, 0.05) is 0 Å². The summed E-state index contributed by atoms with van der Waals surface area (Å²) in [5, 5.41) is 4.82. The number of nitrogens with zero attached hydrogens (tertiary/aromatic N) is 10. The minimum absolute atomic E-state index is 0. The third kappa shape index (κ3) is 16.2. The van der Waals surface area contributed by atoms with E-state index in [1.807, 2.05) is 194 Å². The van der Waals surface area contributed by atoms with Gasteiger partial charge in [-0.15, -0.1) is 41.1 Å². The summed E-state index contributed by atoms with van der Waals surface area (Å²) in [7, 11) is 25.5. The average molecular weight is 968 g/mol. The molecule has 0 aliphatic heterocycles. The van der Waals surface area contributed by atoms with Crippen LogP contribution in [-0.4, -0.2) is 169 Å². The number of rotatable bonds is 13. The van der Waals surface area contributed by atoms with Crippen molar-refractivity contribution in [2.24, 2.45) is 0 Å². The molecular formula is C37H69N10O3P3Yb. The molecule has 0 heterocycles. The van der Waals surface area contributed by atoms with Crippen LogP contribution >= 0.6 is 22.8 Å². The van der Waals surface area contributed by atoms with Gasteiger partial charge in [0.2, 0.25) is 0 Å². The summed E-state index contributed by atoms with van der Waals surface area (Å²) in [6.07, 6.45) is 0. The van der Waals surface area contributed by atoms with Crippen LogP contribution in [0.4, 0.5) is 5.69 Å². The molecule has 0 unspecified atom stereocenters. The minimum atomic E-state index is -2.44. The fraction of sp³-hybridized carbons (Fsp3) is 0.486. The molecule has 3 aromatic carbocycles. The van der Waals surface area contributed by atoms with E-state index in [0.29, 0.717) is 0 Å². The predicted octanol–water partition coefficient (Wildman–Crippen LogP) is 7.66. The number of benzene rings is 3. The Morgan fingerprint density at radius 1 is 0.352 bits per heavy atom. The summed E-state index contributed by atoms with van der Waals surface area (Å²) in [6, 6.07) is 31.6. The van der Waals surface area contributed by atoms with Crippen molar-refractivity contribution >= 4 is 28.5 Å². The summed E-state index contributed by atoms with van der Waals surface area (Å²) >= 11 is 0. The fourth-order valence-corrected chi connectivity index (χ4v) is 11.8. The maximum atomic E-state index is 12.1. The van der Waals surface area contributed by atoms with E-state index >= 15 is 0 Å². The van der Waals surface area contributed by atoms with E-state index < -0.39 is 22.8 Å². The molecule has 17 heteroatoms. The topological polar surface area (TPSA) is 94.5 Å². The molecule has 3 aromatic rings. The Morgan fingerprint density at radius 2 is 0.537 bits per heavy atom. The molecule has 13 nitrogen and oxygen atoms in total. The zero-order valence-corrected chi connectivity index (χ0v) is 40.4. The van der Waals surface area contributed by atoms with E-state index in [1.165, 1.54) is 0 Å². The molecule has 314 valence electrons. The number of para-hydroxylation sites is 1. The van der Waals surface area contributed by atoms with Gasteiger partial charge in [-0.05, 0) is 127 Å². The van der Waals surface area contributed by atoms with E-state index in [-0.39, 0.29) is 46.9 Å². The van der Waals surface area contributed by atoms with Crippen molar-refractivity contribution in [2.75, 3.05) is 127 Å². The van der Waals surface area contributed by atoms with Crippen LogP contribution in [0.1, 0.15) is 11.1 Å². The first kappa shape index (κ1) is 55.3. The molecule has 0 aliphatic carbocycles. The summed E-state index contributed by atoms with van der Waals surface area (Å²) < 4.78 is 52.0. The van der Waals surface area contributed by atoms with Gasteiger partial charge in [-0.1, -0.05) is 66.7 Å². The third-order valence-corrected chi connectivity index (χ3v) is 17.2. The van der Waals surface area contributed by atoms with Crippen molar-refractivity contribution < 1.29 is 60.6 Å². The Balaban J connectivity index is 0. The van der Waals surface area contributed by atoms with Gasteiger partial charge in [-0.25, -0.2) is 48.1 Å². The molecule has 0 saturated carbocycles. The Hall–Kier alpha value is -0.821. The molecule has 0 saturated heterocycles. The summed E-state index contributed by atoms with van der Waals surface area (Å²) in [5.74, 6) is 0. The van der Waals surface area contributed by atoms with Gasteiger partial charge in [-0.3, -0.25) is 13.7 Å². The van der Waals surface area contributed by atoms with Gasteiger partial charge in [-0.2, -0.15) is 0 Å². The second-order valence-electron chi connectivity index (χ2n) is 13.7. The van der Waals surface area contributed by atoms with Crippen LogP contribution < -0.4 is 0 Å². The van der Waals surface area contributed by atoms with Crippen LogP contribution in [0, 0.1) is 53.0 Å². The van der Waals surface area contributed by atoms with E-state index in [9.17, 15) is 13.7 Å². The smallest absolute Gasteiger partial charge is 0.693 e. The van der Waals surface area contributed by atoms with Gasteiger partial charge >= 0.3 is 46.9 Å². The molecule has 0 N–H and O–H groups in total. The van der Waals surface area contributed by atoms with Gasteiger partial charge in [0.25, 0.3) is 22.8 Å². The third-order valence-electron chi connectivity index (χ3n) is 7.78. The van der Waals surface area contributed by atoms with Crippen LogP contribution in [0.25, 0.3) is 5.32 Å². The van der Waals surface area contributed by atoms with Crippen molar-refractivity contribution in [2.45, 2.75) is 0 Å². The quantitative estimate of drug-likeness (QED) is 0.125. The molecular weight excluding hydrogens is 898 g/mol. The largest absolute Gasteiger partial charge is 2.00 e. The molecule has 54 heavy (non-hydrogen) atoms. The van der Waals surface area contributed by atoms with Crippen LogP contribution in [0.2, 0.25) is 0 Å². The molecule has 0 amide bonds. The number of hydrogen-bond acceptors (Lipinski definition) is 3. The molecule has 3 rings (SSSR count). The first-order valence-electron chi connectivity index (χ1n) is 17.1. The molecule has 0 fully saturated rings. The second kappa shape index (κ2) is 26.2. The summed E-state index contributed by atoms with van der Waals surface area (Å²) in [6.45, 7) is 0. The molecule has 0 atom stereocenters. The Kier molecular flexibility index (Phi) is 26.9. The van der Waals surface area contributed by atoms with Gasteiger partial charge in [0.05, 0.1) is 0 Å². The van der Waals surface area contributed by atoms with E-state index in [2.05, 4.69) is 24.3 Å². The normalized spacial score (nSPS) is 12.0. The molecule has 0 aromatic heterocycles. The fourth-order valence-electron chi connectivity index (χ4n) is 5.34. The first-order valence-corrected chi connectivity index (χ1v) is 21.8. The number of hydrogen-bond donors (Lipinski definition) is 0. The minimum Gasteiger partial charge on any atom is -0.693 e. The van der Waals surface area contributed by atoms with Crippen LogP contribution in [-0.2, 0) is 13.7 Å². The standard InChI is InChI=1S/C19H15N.3C6H18N3OP.Yb/c1-4-10-16(11-5-1)19(17-12-6-2-7-13-17)20-18-14-8-3-9-15-18;3*1-7(2)11(10,8(3)4)9(5)6;/h1-15H;3*1-6H3;/q-2;;;;+2. The maximum Gasteiger partial charge on any atom is 2.00 e. The average Bonchev–Trinajstić information content (AvgIpc) is 3.10. The zero-order valence-electron chi connectivity index (χ0n) is 36.0. The van der Waals surface area contributed by atoms with Gasteiger partial charge in [0.15, 0.2) is 0 Å². The monoisotopic (exact) mass is 968 g/mol. The molecule has 0 radical (unpaired) electrons. The Bertz CT molecular complexity index is 1350. The zero-order chi connectivity index (χ0) is 41.3. The molecule has 0 bridgehead atoms. The van der Waals surface area contributed by atoms with E-state index in [1.54, 1.807) is 42.0 Å². The second-order valence-corrected chi connectivity index (χ2v) is 24.0. The Labute approximate surface area is 368 Å². The van der Waals surface area contributed by atoms with E-state index in [0.717, 1.165) is 22.9 Å². The van der Waals surface area contributed by atoms with Crippen molar-refractivity contribution in [3.8, 4) is 0 Å². The predicted molar refractivity (Wildman–Crippen MR) is 230 cm³/mol. The van der Waals surface area contributed by atoms with Crippen molar-refractivity contribution in [3.05, 3.63) is 113 Å². The van der Waals surface area contributed by atoms with Gasteiger partial charge < -0.3 is 5.32 Å². The van der Waals surface area contributed by atoms with Crippen molar-refractivity contribution in [1.29, 1.82) is 0 Å². The molecule has 0 aliphatic rings. The van der Waals surface area contributed by atoms with E-state index in [4.69, 9.17) is 5.32 Å². The maximum absolute atomic E-state index is 12.1. The molecule has 0 spiro atoms. The van der Waals surface area contributed by atoms with Crippen molar-refractivity contribution in [1.82, 2.24) is 42.0 Å². The van der Waals surface area contributed by atoms with Crippen molar-refractivity contribution in [3.63, 3.8) is 0 Å². The van der Waals surface area contributed by atoms with Crippen LogP contribution in [0.5, 0.6) is 0 Å². The van der Waals surface area contributed by atoms with Crippen LogP contribution in [0.15, 0.2) is 91.0 Å². The SMILES string of the molecule is CN(C)P(=O)(N(C)C)N(C)C.CN(C)P(=O)(N(C)C)N(C)C.CN(C)P(=O)(N(C)C)N(C)C.[Yb+2].c1ccc([N-][C-](c2ccccc2)c2ccccc2)cc1. The Morgan fingerprint density at radius 3 is 0.704 bits per heavy atom. The van der Waals surface area contributed by atoms with Gasteiger partial charge in [0.1, 0.15) is 0 Å².